The van der Waals surface area contributed by atoms with E-state index in [2.05, 4.69) is 0 Å². The van der Waals surface area contributed by atoms with E-state index in [0.717, 1.165) is 29.4 Å². The minimum atomic E-state index is -1.73. The van der Waals surface area contributed by atoms with Crippen LogP contribution in [0.5, 0.6) is 0 Å². The number of nitriles is 1. The summed E-state index contributed by atoms with van der Waals surface area (Å²) in [5.74, 6) is -6.86. The normalized spacial score (nSPS) is 8.71. The molecule has 0 unspecified atom stereocenters. The van der Waals surface area contributed by atoms with Crippen molar-refractivity contribution in [2.45, 2.75) is 0 Å². The monoisotopic (exact) mass is 273 g/mol. The zero-order valence-corrected chi connectivity index (χ0v) is 10.3. The van der Waals surface area contributed by atoms with E-state index in [1.54, 1.807) is 0 Å². The van der Waals surface area contributed by atoms with Gasteiger partial charge in [-0.3, -0.25) is 8.78 Å². The molecule has 14 heavy (non-hydrogen) atoms. The Balaban J connectivity index is 0.000000791. The standard InChI is InChI=1S/C7F4N.ClH.Zn/c8-4-1-5(9)7(11)3(2-12)6(4)10;;/h;1H;/q-1;;+2/p-1. The van der Waals surface area contributed by atoms with Gasteiger partial charge in [0.05, 0.1) is 17.7 Å². The second kappa shape index (κ2) is 5.95. The third-order valence-electron chi connectivity index (χ3n) is 1.16. The predicted molar refractivity (Wildman–Crippen MR) is 35.7 cm³/mol. The van der Waals surface area contributed by atoms with E-state index in [-0.39, 0.29) is 0 Å². The molecule has 0 N–H and O–H groups in total. The number of benzene rings is 1. The van der Waals surface area contributed by atoms with Crippen molar-refractivity contribution in [3.63, 3.8) is 0 Å². The van der Waals surface area contributed by atoms with Gasteiger partial charge in [-0.25, -0.2) is 8.78 Å². The Morgan fingerprint density at radius 3 is 1.71 bits per heavy atom. The van der Waals surface area contributed by atoms with Crippen LogP contribution in [-0.2, 0) is 17.3 Å². The summed E-state index contributed by atoms with van der Waals surface area (Å²) >= 11 is 0.847. The molecule has 1 aromatic carbocycles. The van der Waals surface area contributed by atoms with Crippen molar-refractivity contribution in [3.8, 4) is 6.07 Å². The van der Waals surface area contributed by atoms with Crippen LogP contribution in [0.2, 0.25) is 0 Å². The molecule has 0 atom stereocenters. The molecule has 0 aliphatic rings. The molecular weight excluding hydrogens is 275 g/mol. The number of nitrogens with zero attached hydrogens (tertiary/aromatic N) is 1. The van der Waals surface area contributed by atoms with Gasteiger partial charge in [-0.2, -0.15) is 5.26 Å². The fourth-order valence-corrected chi connectivity index (χ4v) is 0.620. The van der Waals surface area contributed by atoms with Gasteiger partial charge in [-0.15, -0.1) is 6.07 Å². The SMILES string of the molecule is N#Cc1c(F)c(F)[c-]c(F)c1F.[Cl][Zn+]. The number of halogens is 5. The maximum absolute atomic E-state index is 12.4. The van der Waals surface area contributed by atoms with E-state index in [9.17, 15) is 17.6 Å². The molecule has 1 aromatic rings. The van der Waals surface area contributed by atoms with Gasteiger partial charge in [-0.05, 0) is 0 Å². The van der Waals surface area contributed by atoms with Crippen molar-refractivity contribution >= 4 is 9.69 Å². The molecule has 7 heteroatoms. The molecule has 0 saturated carbocycles. The first kappa shape index (κ1) is 13.3. The first-order valence-electron chi connectivity index (χ1n) is 3.00. The maximum atomic E-state index is 12.4. The first-order valence-corrected chi connectivity index (χ1v) is 6.90. The van der Waals surface area contributed by atoms with E-state index in [1.165, 1.54) is 0 Å². The predicted octanol–water partition coefficient (Wildman–Crippen LogP) is 2.60. The topological polar surface area (TPSA) is 23.8 Å². The van der Waals surface area contributed by atoms with E-state index in [0.29, 0.717) is 0 Å². The van der Waals surface area contributed by atoms with Crippen molar-refractivity contribution in [1.29, 1.82) is 5.26 Å². The second-order valence-electron chi connectivity index (χ2n) is 1.87. The van der Waals surface area contributed by atoms with Crippen molar-refractivity contribution < 1.29 is 34.9 Å². The van der Waals surface area contributed by atoms with E-state index in [1.807, 2.05) is 0 Å². The van der Waals surface area contributed by atoms with E-state index >= 15 is 0 Å². The van der Waals surface area contributed by atoms with Gasteiger partial charge >= 0.3 is 27.0 Å². The molecular formula is C7ClF4NZn. The summed E-state index contributed by atoms with van der Waals surface area (Å²) in [6.45, 7) is 0. The Morgan fingerprint density at radius 1 is 1.07 bits per heavy atom. The molecule has 70 valence electrons. The fraction of sp³-hybridized carbons (Fsp3) is 0. The number of rotatable bonds is 0. The van der Waals surface area contributed by atoms with Gasteiger partial charge < -0.3 is 0 Å². The van der Waals surface area contributed by atoms with E-state index < -0.39 is 28.8 Å². The molecule has 0 spiro atoms. The molecule has 0 saturated heterocycles. The summed E-state index contributed by atoms with van der Waals surface area (Å²) in [4.78, 5) is 0. The van der Waals surface area contributed by atoms with Gasteiger partial charge in [0, 0.05) is 17.2 Å². The molecule has 0 heterocycles. The van der Waals surface area contributed by atoms with Crippen LogP contribution in [-0.4, -0.2) is 0 Å². The summed E-state index contributed by atoms with van der Waals surface area (Å²) < 4.78 is 49.3. The van der Waals surface area contributed by atoms with Gasteiger partial charge in [0.25, 0.3) is 0 Å². The van der Waals surface area contributed by atoms with Gasteiger partial charge in [-0.1, -0.05) is 0 Å². The Labute approximate surface area is 91.0 Å². The third-order valence-corrected chi connectivity index (χ3v) is 1.16. The van der Waals surface area contributed by atoms with Crippen LogP contribution in [0.4, 0.5) is 17.6 Å². The second-order valence-corrected chi connectivity index (χ2v) is 1.87. The van der Waals surface area contributed by atoms with E-state index in [4.69, 9.17) is 15.0 Å². The molecule has 1 rings (SSSR count). The quantitative estimate of drug-likeness (QED) is 0.309. The number of hydrogen-bond acceptors (Lipinski definition) is 1. The Morgan fingerprint density at radius 2 is 1.43 bits per heavy atom. The molecule has 0 fully saturated rings. The molecule has 0 amide bonds. The van der Waals surface area contributed by atoms with Crippen LogP contribution < -0.4 is 0 Å². The van der Waals surface area contributed by atoms with Crippen LogP contribution in [0, 0.1) is 40.7 Å². The Bertz CT molecular complexity index is 351. The molecule has 0 aromatic heterocycles. The van der Waals surface area contributed by atoms with Gasteiger partial charge in [0.15, 0.2) is 0 Å². The van der Waals surface area contributed by atoms with Crippen molar-refractivity contribution in [1.82, 2.24) is 0 Å². The zero-order valence-electron chi connectivity index (χ0n) is 6.54. The molecule has 0 aliphatic carbocycles. The molecule has 0 aliphatic heterocycles. The fourth-order valence-electron chi connectivity index (χ4n) is 0.620. The van der Waals surface area contributed by atoms with Crippen molar-refractivity contribution in [3.05, 3.63) is 34.9 Å². The van der Waals surface area contributed by atoms with Crippen molar-refractivity contribution in [2.24, 2.45) is 0 Å². The van der Waals surface area contributed by atoms with Crippen molar-refractivity contribution in [2.75, 3.05) is 0 Å². The average Bonchev–Trinajstić information content (AvgIpc) is 2.19. The number of hydrogen-bond donors (Lipinski definition) is 0. The third kappa shape index (κ3) is 2.66. The van der Waals surface area contributed by atoms with Gasteiger partial charge in [0.1, 0.15) is 0 Å². The molecule has 0 bridgehead atoms. The van der Waals surface area contributed by atoms with Crippen LogP contribution in [0.25, 0.3) is 0 Å². The van der Waals surface area contributed by atoms with Gasteiger partial charge in [0.2, 0.25) is 0 Å². The van der Waals surface area contributed by atoms with Crippen LogP contribution >= 0.6 is 9.69 Å². The summed E-state index contributed by atoms with van der Waals surface area (Å²) in [6.07, 6.45) is 0. The Kier molecular flexibility index (Phi) is 5.67. The van der Waals surface area contributed by atoms with Crippen LogP contribution in [0.1, 0.15) is 5.56 Å². The average molecular weight is 275 g/mol. The molecule has 0 radical (unpaired) electrons. The summed E-state index contributed by atoms with van der Waals surface area (Å²) in [5.41, 5.74) is -1.27. The summed E-state index contributed by atoms with van der Waals surface area (Å²) in [7, 11) is 4.76. The summed E-state index contributed by atoms with van der Waals surface area (Å²) in [5, 5.41) is 8.07. The summed E-state index contributed by atoms with van der Waals surface area (Å²) in [6, 6.07) is 2.14. The van der Waals surface area contributed by atoms with Crippen LogP contribution in [0.3, 0.4) is 0 Å². The minimum absolute atomic E-state index is 0.847. The zero-order chi connectivity index (χ0) is 11.3. The Hall–Kier alpha value is -0.657. The molecule has 1 nitrogen and oxygen atoms in total. The van der Waals surface area contributed by atoms with Crippen LogP contribution in [0.15, 0.2) is 0 Å². The first-order chi connectivity index (χ1) is 6.57.